The summed E-state index contributed by atoms with van der Waals surface area (Å²) < 4.78 is 47.4. The van der Waals surface area contributed by atoms with Crippen molar-refractivity contribution in [3.05, 3.63) is 42.0 Å². The summed E-state index contributed by atoms with van der Waals surface area (Å²) in [6.45, 7) is 3.31. The maximum atomic E-state index is 12.2. The maximum absolute atomic E-state index is 12.2. The molecule has 2 nitrogen and oxygen atoms in total. The molecule has 16 heavy (non-hydrogen) atoms. The first-order chi connectivity index (χ1) is 7.31. The first-order valence-corrected chi connectivity index (χ1v) is 5.52. The van der Waals surface area contributed by atoms with E-state index in [0.29, 0.717) is 0 Å². The number of hydrogen-bond donors (Lipinski definition) is 1. The van der Waals surface area contributed by atoms with Gasteiger partial charge in [0.25, 0.3) is 0 Å². The van der Waals surface area contributed by atoms with Crippen LogP contribution in [0, 0.1) is 0 Å². The minimum atomic E-state index is -4.35. The Kier molecular flexibility index (Phi) is 3.83. The fraction of sp³-hybridized carbons (Fsp3) is 0.200. The van der Waals surface area contributed by atoms with E-state index in [1.165, 1.54) is 24.3 Å². The van der Waals surface area contributed by atoms with Gasteiger partial charge in [0, 0.05) is 5.56 Å². The Labute approximate surface area is 91.3 Å². The first kappa shape index (κ1) is 12.9. The van der Waals surface area contributed by atoms with E-state index >= 15 is 0 Å². The Morgan fingerprint density at radius 2 is 1.94 bits per heavy atom. The molecule has 6 heteroatoms. The van der Waals surface area contributed by atoms with Crippen molar-refractivity contribution in [1.82, 2.24) is 0 Å². The molecule has 0 saturated heterocycles. The third-order valence-corrected chi connectivity index (χ3v) is 2.65. The standard InChI is InChI=1S/C10H8F3O2P/c1-7(16(14)15)9-5-3-2-4-8(9)6-10(11,12)13/h2-5H,1,6H2/p+1. The van der Waals surface area contributed by atoms with Crippen molar-refractivity contribution in [3.63, 3.8) is 0 Å². The molecule has 0 saturated carbocycles. The molecule has 0 aliphatic heterocycles. The predicted molar refractivity (Wildman–Crippen MR) is 55.1 cm³/mol. The molecule has 0 aromatic heterocycles. The molecule has 0 aliphatic carbocycles. The maximum Gasteiger partial charge on any atom is 0.546 e. The SMILES string of the molecule is C=C(c1ccccc1CC(F)(F)F)[P+](=O)O. The van der Waals surface area contributed by atoms with Crippen LogP contribution in [0.3, 0.4) is 0 Å². The molecule has 0 heterocycles. The van der Waals surface area contributed by atoms with Crippen LogP contribution in [0.15, 0.2) is 30.8 Å². The molecule has 1 aromatic rings. The topological polar surface area (TPSA) is 37.3 Å². The molecule has 0 radical (unpaired) electrons. The summed E-state index contributed by atoms with van der Waals surface area (Å²) >= 11 is 0. The molecule has 1 unspecified atom stereocenters. The summed E-state index contributed by atoms with van der Waals surface area (Å²) in [5.41, 5.74) is 0.0424. The molecular weight excluding hydrogens is 240 g/mol. The Balaban J connectivity index is 3.10. The largest absolute Gasteiger partial charge is 0.546 e. The van der Waals surface area contributed by atoms with Gasteiger partial charge in [-0.2, -0.15) is 18.1 Å². The molecule has 1 N–H and O–H groups in total. The van der Waals surface area contributed by atoms with E-state index in [4.69, 9.17) is 4.89 Å². The number of hydrogen-bond acceptors (Lipinski definition) is 1. The van der Waals surface area contributed by atoms with E-state index in [-0.39, 0.29) is 16.4 Å². The smallest absolute Gasteiger partial charge is 0.171 e. The third kappa shape index (κ3) is 3.43. The molecule has 1 rings (SSSR count). The van der Waals surface area contributed by atoms with Crippen LogP contribution in [0.5, 0.6) is 0 Å². The fourth-order valence-corrected chi connectivity index (χ4v) is 1.70. The molecule has 0 fully saturated rings. The minimum Gasteiger partial charge on any atom is -0.171 e. The predicted octanol–water partition coefficient (Wildman–Crippen LogP) is 3.50. The van der Waals surface area contributed by atoms with E-state index in [2.05, 4.69) is 6.58 Å². The van der Waals surface area contributed by atoms with Gasteiger partial charge in [0.15, 0.2) is 0 Å². The average molecular weight is 249 g/mol. The van der Waals surface area contributed by atoms with Crippen LogP contribution in [0.25, 0.3) is 5.31 Å². The lowest BCUT2D eigenvalue weighted by atomic mass is 10.0. The highest BCUT2D eigenvalue weighted by molar-refractivity contribution is 7.50. The van der Waals surface area contributed by atoms with E-state index in [9.17, 15) is 17.7 Å². The summed E-state index contributed by atoms with van der Waals surface area (Å²) in [7, 11) is -2.71. The highest BCUT2D eigenvalue weighted by atomic mass is 31.1. The van der Waals surface area contributed by atoms with Gasteiger partial charge in [-0.05, 0) is 16.7 Å². The fourth-order valence-electron chi connectivity index (χ4n) is 1.27. The van der Waals surface area contributed by atoms with Gasteiger partial charge < -0.3 is 0 Å². The summed E-state index contributed by atoms with van der Waals surface area (Å²) in [5.74, 6) is 0. The Bertz CT molecular complexity index is 426. The van der Waals surface area contributed by atoms with Gasteiger partial charge in [-0.25, -0.2) is 0 Å². The normalized spacial score (nSPS) is 12.4. The van der Waals surface area contributed by atoms with Gasteiger partial charge in [-0.15, -0.1) is 0 Å². The lowest BCUT2D eigenvalue weighted by Crippen LogP contribution is -2.12. The summed E-state index contributed by atoms with van der Waals surface area (Å²) in [5, 5.41) is -0.185. The molecule has 1 aromatic carbocycles. The average Bonchev–Trinajstić information content (AvgIpc) is 2.15. The second-order valence-corrected chi connectivity index (χ2v) is 4.25. The molecule has 0 spiro atoms. The summed E-state index contributed by atoms with van der Waals surface area (Å²) in [4.78, 5) is 8.83. The first-order valence-electron chi connectivity index (χ1n) is 4.31. The second kappa shape index (κ2) is 4.76. The molecule has 0 bridgehead atoms. The van der Waals surface area contributed by atoms with Crippen molar-refractivity contribution in [2.24, 2.45) is 0 Å². The zero-order valence-electron chi connectivity index (χ0n) is 8.16. The molecule has 86 valence electrons. The monoisotopic (exact) mass is 249 g/mol. The third-order valence-electron chi connectivity index (χ3n) is 1.95. The molecule has 0 aliphatic rings. The lowest BCUT2D eigenvalue weighted by Gasteiger charge is -2.08. The Morgan fingerprint density at radius 3 is 2.44 bits per heavy atom. The summed E-state index contributed by atoms with van der Waals surface area (Å²) in [6.07, 6.45) is -5.48. The highest BCUT2D eigenvalue weighted by Gasteiger charge is 2.31. The zero-order valence-corrected chi connectivity index (χ0v) is 9.05. The van der Waals surface area contributed by atoms with Crippen LogP contribution in [0.2, 0.25) is 0 Å². The number of halogens is 3. The van der Waals surface area contributed by atoms with Crippen LogP contribution >= 0.6 is 8.03 Å². The van der Waals surface area contributed by atoms with Gasteiger partial charge in [0.1, 0.15) is 0 Å². The van der Waals surface area contributed by atoms with E-state index in [0.717, 1.165) is 0 Å². The number of alkyl halides is 3. The highest BCUT2D eigenvalue weighted by Crippen LogP contribution is 2.37. The van der Waals surface area contributed by atoms with Crippen LogP contribution < -0.4 is 0 Å². The van der Waals surface area contributed by atoms with E-state index < -0.39 is 20.6 Å². The van der Waals surface area contributed by atoms with Gasteiger partial charge in [0.05, 0.1) is 6.42 Å². The van der Waals surface area contributed by atoms with Crippen molar-refractivity contribution in [1.29, 1.82) is 0 Å². The molecule has 0 amide bonds. The van der Waals surface area contributed by atoms with Gasteiger partial charge in [0.2, 0.25) is 5.31 Å². The van der Waals surface area contributed by atoms with Crippen molar-refractivity contribution < 1.29 is 22.6 Å². The van der Waals surface area contributed by atoms with E-state index in [1.807, 2.05) is 0 Å². The van der Waals surface area contributed by atoms with Crippen molar-refractivity contribution in [2.45, 2.75) is 12.6 Å². The second-order valence-electron chi connectivity index (χ2n) is 3.17. The molecule has 1 atom stereocenters. The summed E-state index contributed by atoms with van der Waals surface area (Å²) in [6, 6.07) is 5.57. The van der Waals surface area contributed by atoms with Crippen LogP contribution in [0.4, 0.5) is 13.2 Å². The van der Waals surface area contributed by atoms with Crippen molar-refractivity contribution in [3.8, 4) is 0 Å². The zero-order chi connectivity index (χ0) is 12.3. The van der Waals surface area contributed by atoms with E-state index in [1.54, 1.807) is 0 Å². The minimum absolute atomic E-state index is 0.0441. The Morgan fingerprint density at radius 1 is 1.38 bits per heavy atom. The van der Waals surface area contributed by atoms with Gasteiger partial charge >= 0.3 is 14.2 Å². The van der Waals surface area contributed by atoms with Crippen LogP contribution in [0.1, 0.15) is 11.1 Å². The van der Waals surface area contributed by atoms with Gasteiger partial charge in [-0.3, -0.25) is 0 Å². The van der Waals surface area contributed by atoms with Crippen LogP contribution in [-0.2, 0) is 11.0 Å². The molecular formula is C10H9F3O2P+. The number of benzene rings is 1. The van der Waals surface area contributed by atoms with Gasteiger partial charge in [-0.1, -0.05) is 24.3 Å². The number of rotatable bonds is 3. The Hall–Kier alpha value is -1.19. The van der Waals surface area contributed by atoms with Crippen molar-refractivity contribution >= 4 is 13.3 Å². The quantitative estimate of drug-likeness (QED) is 0.832. The van der Waals surface area contributed by atoms with Crippen molar-refractivity contribution in [2.75, 3.05) is 0 Å². The lowest BCUT2D eigenvalue weighted by molar-refractivity contribution is -0.127. The van der Waals surface area contributed by atoms with Crippen LogP contribution in [-0.4, -0.2) is 11.1 Å².